The molecule has 2 nitrogen and oxygen atoms in total. The summed E-state index contributed by atoms with van der Waals surface area (Å²) in [6.07, 6.45) is 13.8. The molecule has 6 rings (SSSR count). The van der Waals surface area contributed by atoms with Gasteiger partial charge < -0.3 is 0 Å². The Morgan fingerprint density at radius 2 is 1.40 bits per heavy atom. The van der Waals surface area contributed by atoms with Gasteiger partial charge in [0.15, 0.2) is 0 Å². The lowest BCUT2D eigenvalue weighted by Gasteiger charge is -2.61. The third-order valence-electron chi connectivity index (χ3n) is 7.48. The van der Waals surface area contributed by atoms with Crippen molar-refractivity contribution in [2.24, 2.45) is 17.8 Å². The molecule has 0 N–H and O–H groups in total. The van der Waals surface area contributed by atoms with Gasteiger partial charge >= 0.3 is 0 Å². The zero-order valence-corrected chi connectivity index (χ0v) is 12.9. The van der Waals surface area contributed by atoms with Gasteiger partial charge in [-0.05, 0) is 95.2 Å². The van der Waals surface area contributed by atoms with E-state index in [1.807, 2.05) is 0 Å². The molecule has 4 saturated carbocycles. The zero-order chi connectivity index (χ0) is 13.2. The molecule has 0 spiro atoms. The van der Waals surface area contributed by atoms with E-state index < -0.39 is 0 Å². The fourth-order valence-corrected chi connectivity index (χ4v) is 7.09. The van der Waals surface area contributed by atoms with E-state index in [0.717, 1.165) is 23.8 Å². The van der Waals surface area contributed by atoms with E-state index >= 15 is 0 Å². The standard InChI is InChI=1S/C18H30N2/c1-3-17-13-20(6-2-5-19(17)4-1)18-10-14-7-15(11-18)9-16(8-14)12-18/h14-17H,1-13H2. The molecule has 2 aliphatic heterocycles. The lowest BCUT2D eigenvalue weighted by molar-refractivity contribution is -0.0899. The van der Waals surface area contributed by atoms with Crippen LogP contribution in [0.15, 0.2) is 0 Å². The van der Waals surface area contributed by atoms with Gasteiger partial charge in [0.05, 0.1) is 0 Å². The zero-order valence-electron chi connectivity index (χ0n) is 12.9. The van der Waals surface area contributed by atoms with Crippen molar-refractivity contribution in [2.75, 3.05) is 26.2 Å². The van der Waals surface area contributed by atoms with Crippen LogP contribution in [0.1, 0.15) is 57.8 Å². The molecule has 20 heavy (non-hydrogen) atoms. The van der Waals surface area contributed by atoms with Crippen LogP contribution in [-0.4, -0.2) is 47.6 Å². The van der Waals surface area contributed by atoms with Gasteiger partial charge in [-0.2, -0.15) is 0 Å². The summed E-state index contributed by atoms with van der Waals surface area (Å²) in [4.78, 5) is 5.83. The van der Waals surface area contributed by atoms with Crippen molar-refractivity contribution in [2.45, 2.75) is 69.4 Å². The van der Waals surface area contributed by atoms with Crippen LogP contribution in [0.4, 0.5) is 0 Å². The van der Waals surface area contributed by atoms with Crippen LogP contribution in [0, 0.1) is 17.8 Å². The van der Waals surface area contributed by atoms with Gasteiger partial charge in [-0.3, -0.25) is 9.80 Å². The summed E-state index contributed by atoms with van der Waals surface area (Å²) in [5, 5.41) is 0. The largest absolute Gasteiger partial charge is 0.299 e. The Labute approximate surface area is 123 Å². The summed E-state index contributed by atoms with van der Waals surface area (Å²) in [5.74, 6) is 3.30. The topological polar surface area (TPSA) is 6.48 Å². The second-order valence-electron chi connectivity index (χ2n) is 8.77. The van der Waals surface area contributed by atoms with Gasteiger partial charge in [0.1, 0.15) is 0 Å². The van der Waals surface area contributed by atoms with Crippen LogP contribution < -0.4 is 0 Å². The predicted molar refractivity (Wildman–Crippen MR) is 81.7 cm³/mol. The van der Waals surface area contributed by atoms with Crippen molar-refractivity contribution in [1.29, 1.82) is 0 Å². The molecule has 0 aromatic rings. The van der Waals surface area contributed by atoms with Gasteiger partial charge in [-0.25, -0.2) is 0 Å². The van der Waals surface area contributed by atoms with Crippen LogP contribution in [-0.2, 0) is 0 Å². The van der Waals surface area contributed by atoms with Gasteiger partial charge in [0.25, 0.3) is 0 Å². The molecule has 0 aromatic carbocycles. The summed E-state index contributed by atoms with van der Waals surface area (Å²) >= 11 is 0. The molecule has 2 heteroatoms. The first-order chi connectivity index (χ1) is 9.81. The van der Waals surface area contributed by atoms with E-state index in [4.69, 9.17) is 0 Å². The van der Waals surface area contributed by atoms with E-state index in [1.54, 1.807) is 38.5 Å². The first-order valence-electron chi connectivity index (χ1n) is 9.30. The van der Waals surface area contributed by atoms with Crippen LogP contribution in [0.25, 0.3) is 0 Å². The highest BCUT2D eigenvalue weighted by Crippen LogP contribution is 2.58. The van der Waals surface area contributed by atoms with Gasteiger partial charge in [0, 0.05) is 18.1 Å². The number of rotatable bonds is 1. The number of nitrogens with zero attached hydrogens (tertiary/aromatic N) is 2. The smallest absolute Gasteiger partial charge is 0.0223 e. The van der Waals surface area contributed by atoms with Crippen molar-refractivity contribution in [3.8, 4) is 0 Å². The molecular weight excluding hydrogens is 244 g/mol. The van der Waals surface area contributed by atoms with Gasteiger partial charge in [0.2, 0.25) is 0 Å². The second kappa shape index (κ2) is 4.46. The minimum atomic E-state index is 0.660. The first-order valence-corrected chi connectivity index (χ1v) is 9.30. The number of hydrogen-bond donors (Lipinski definition) is 0. The van der Waals surface area contributed by atoms with Gasteiger partial charge in [-0.1, -0.05) is 0 Å². The molecule has 0 radical (unpaired) electrons. The fourth-order valence-electron chi connectivity index (χ4n) is 7.09. The van der Waals surface area contributed by atoms with Gasteiger partial charge in [-0.15, -0.1) is 0 Å². The molecule has 6 aliphatic rings. The average Bonchev–Trinajstić information content (AvgIpc) is 2.74. The highest BCUT2D eigenvalue weighted by molar-refractivity contribution is 5.08. The third-order valence-corrected chi connectivity index (χ3v) is 7.48. The molecule has 0 aromatic heterocycles. The van der Waals surface area contributed by atoms with E-state index in [1.165, 1.54) is 45.4 Å². The number of hydrogen-bond acceptors (Lipinski definition) is 2. The predicted octanol–water partition coefficient (Wildman–Crippen LogP) is 3.13. The average molecular weight is 274 g/mol. The summed E-state index contributed by atoms with van der Waals surface area (Å²) in [7, 11) is 0. The molecule has 4 bridgehead atoms. The lowest BCUT2D eigenvalue weighted by atomic mass is 9.52. The quantitative estimate of drug-likeness (QED) is 0.725. The fraction of sp³-hybridized carbons (Fsp3) is 1.00. The number of fused-ring (bicyclic) bond motifs is 1. The monoisotopic (exact) mass is 274 g/mol. The van der Waals surface area contributed by atoms with Crippen molar-refractivity contribution >= 4 is 0 Å². The van der Waals surface area contributed by atoms with E-state index in [9.17, 15) is 0 Å². The highest BCUT2D eigenvalue weighted by Gasteiger charge is 2.54. The molecule has 4 aliphatic carbocycles. The first kappa shape index (κ1) is 12.5. The minimum absolute atomic E-state index is 0.660. The molecule has 6 fully saturated rings. The van der Waals surface area contributed by atoms with E-state index in [0.29, 0.717) is 5.54 Å². The normalized spacial score (nSPS) is 52.2. The molecule has 1 unspecified atom stereocenters. The molecule has 0 amide bonds. The summed E-state index contributed by atoms with van der Waals surface area (Å²) in [6, 6.07) is 0.908. The summed E-state index contributed by atoms with van der Waals surface area (Å²) < 4.78 is 0. The van der Waals surface area contributed by atoms with Crippen molar-refractivity contribution in [1.82, 2.24) is 9.80 Å². The van der Waals surface area contributed by atoms with Crippen molar-refractivity contribution in [3.63, 3.8) is 0 Å². The molecule has 2 saturated heterocycles. The van der Waals surface area contributed by atoms with Crippen LogP contribution in [0.2, 0.25) is 0 Å². The maximum absolute atomic E-state index is 3.02. The SMILES string of the molecule is C1CC2CN(C34CC5CC(CC(C5)C3)C4)CCCN2C1. The molecule has 2 heterocycles. The molecular formula is C18H30N2. The minimum Gasteiger partial charge on any atom is -0.299 e. The highest BCUT2D eigenvalue weighted by atomic mass is 15.3. The summed E-state index contributed by atoms with van der Waals surface area (Å²) in [6.45, 7) is 5.58. The van der Waals surface area contributed by atoms with E-state index in [-0.39, 0.29) is 0 Å². The Morgan fingerprint density at radius 3 is 2.10 bits per heavy atom. The van der Waals surface area contributed by atoms with Crippen LogP contribution >= 0.6 is 0 Å². The Bertz CT molecular complexity index is 356. The van der Waals surface area contributed by atoms with Crippen LogP contribution in [0.3, 0.4) is 0 Å². The Balaban J connectivity index is 1.41. The Hall–Kier alpha value is -0.0800. The third kappa shape index (κ3) is 1.83. The van der Waals surface area contributed by atoms with Crippen molar-refractivity contribution < 1.29 is 0 Å². The Morgan fingerprint density at radius 1 is 0.750 bits per heavy atom. The Kier molecular flexibility index (Phi) is 2.78. The summed E-state index contributed by atoms with van der Waals surface area (Å²) in [5.41, 5.74) is 0.660. The lowest BCUT2D eigenvalue weighted by Crippen LogP contribution is -2.61. The van der Waals surface area contributed by atoms with E-state index in [2.05, 4.69) is 9.80 Å². The molecule has 112 valence electrons. The molecule has 1 atom stereocenters. The van der Waals surface area contributed by atoms with Crippen LogP contribution in [0.5, 0.6) is 0 Å². The maximum atomic E-state index is 3.02. The maximum Gasteiger partial charge on any atom is 0.0223 e. The second-order valence-corrected chi connectivity index (χ2v) is 8.77. The van der Waals surface area contributed by atoms with Crippen molar-refractivity contribution in [3.05, 3.63) is 0 Å².